The van der Waals surface area contributed by atoms with E-state index in [1.54, 1.807) is 0 Å². The number of aliphatic hydroxyl groups is 1. The molecular weight excluding hydrogens is 316 g/mol. The van der Waals surface area contributed by atoms with Crippen LogP contribution in [0.2, 0.25) is 5.02 Å². The molecule has 6 nitrogen and oxygen atoms in total. The Balaban J connectivity index is 1.96. The summed E-state index contributed by atoms with van der Waals surface area (Å²) in [5, 5.41) is 12.2. The van der Waals surface area contributed by atoms with Crippen LogP contribution in [0.1, 0.15) is 18.4 Å². The quantitative estimate of drug-likeness (QED) is 0.846. The van der Waals surface area contributed by atoms with Crippen LogP contribution in [-0.4, -0.2) is 42.9 Å². The number of fused-ring (bicyclic) bond motifs is 1. The molecule has 1 aromatic carbocycles. The van der Waals surface area contributed by atoms with Gasteiger partial charge in [0, 0.05) is 18.8 Å². The van der Waals surface area contributed by atoms with Crippen molar-refractivity contribution in [2.24, 2.45) is 0 Å². The molecule has 0 saturated carbocycles. The fraction of sp³-hybridized carbons (Fsp3) is 0.462. The van der Waals surface area contributed by atoms with E-state index in [9.17, 15) is 18.3 Å². The summed E-state index contributed by atoms with van der Waals surface area (Å²) in [6.07, 6.45) is 0.547. The molecule has 114 valence electrons. The highest BCUT2D eigenvalue weighted by Crippen LogP contribution is 2.34. The summed E-state index contributed by atoms with van der Waals surface area (Å²) in [4.78, 5) is 11.4. The van der Waals surface area contributed by atoms with Gasteiger partial charge in [0.05, 0.1) is 17.5 Å². The number of hydrogen-bond donors (Lipinski definition) is 2. The molecule has 3 rings (SSSR count). The van der Waals surface area contributed by atoms with Crippen LogP contribution in [-0.2, 0) is 21.2 Å². The number of nitrogens with one attached hydrogen (secondary N) is 1. The molecule has 0 radical (unpaired) electrons. The molecular formula is C13H15ClN2O4S. The molecule has 0 aromatic heterocycles. The lowest BCUT2D eigenvalue weighted by molar-refractivity contribution is -0.115. The van der Waals surface area contributed by atoms with Gasteiger partial charge >= 0.3 is 0 Å². The van der Waals surface area contributed by atoms with Gasteiger partial charge in [0.15, 0.2) is 0 Å². The molecule has 0 unspecified atom stereocenters. The maximum Gasteiger partial charge on any atom is 0.244 e. The van der Waals surface area contributed by atoms with Gasteiger partial charge in [0.2, 0.25) is 15.9 Å². The van der Waals surface area contributed by atoms with Gasteiger partial charge in [-0.15, -0.1) is 0 Å². The topological polar surface area (TPSA) is 86.7 Å². The normalized spacial score (nSPS) is 20.4. The van der Waals surface area contributed by atoms with Crippen LogP contribution in [0.25, 0.3) is 0 Å². The number of benzene rings is 1. The highest BCUT2D eigenvalue weighted by Gasteiger charge is 2.32. The third kappa shape index (κ3) is 2.66. The number of sulfonamides is 1. The summed E-state index contributed by atoms with van der Waals surface area (Å²) < 4.78 is 26.6. The molecule has 0 bridgehead atoms. The van der Waals surface area contributed by atoms with Crippen LogP contribution in [0.15, 0.2) is 17.0 Å². The Labute approximate surface area is 127 Å². The van der Waals surface area contributed by atoms with Crippen molar-refractivity contribution < 1.29 is 18.3 Å². The van der Waals surface area contributed by atoms with E-state index in [1.165, 1.54) is 16.4 Å². The maximum absolute atomic E-state index is 12.7. The molecule has 2 N–H and O–H groups in total. The van der Waals surface area contributed by atoms with Gasteiger partial charge in [-0.05, 0) is 30.5 Å². The van der Waals surface area contributed by atoms with Crippen molar-refractivity contribution >= 4 is 33.2 Å². The van der Waals surface area contributed by atoms with Crippen molar-refractivity contribution in [2.45, 2.75) is 30.3 Å². The average molecular weight is 331 g/mol. The van der Waals surface area contributed by atoms with Crippen LogP contribution in [0.4, 0.5) is 5.69 Å². The van der Waals surface area contributed by atoms with Crippen LogP contribution in [0.5, 0.6) is 0 Å². The van der Waals surface area contributed by atoms with Crippen molar-refractivity contribution in [2.75, 3.05) is 18.4 Å². The Morgan fingerprint density at radius 1 is 1.29 bits per heavy atom. The monoisotopic (exact) mass is 330 g/mol. The summed E-state index contributed by atoms with van der Waals surface area (Å²) in [6.45, 7) is 0.544. The number of rotatable bonds is 2. The second-order valence-corrected chi connectivity index (χ2v) is 7.61. The number of halogens is 1. The van der Waals surface area contributed by atoms with Gasteiger partial charge in [-0.2, -0.15) is 4.31 Å². The van der Waals surface area contributed by atoms with E-state index in [0.717, 1.165) is 0 Å². The van der Waals surface area contributed by atoms with Crippen LogP contribution < -0.4 is 5.32 Å². The predicted octanol–water partition coefficient (Wildman–Crippen LogP) is 0.980. The van der Waals surface area contributed by atoms with Gasteiger partial charge in [-0.25, -0.2) is 8.42 Å². The molecule has 8 heteroatoms. The standard InChI is InChI=1S/C13H15ClN2O4S/c14-10-7-11-8(6-13(18)15-11)5-12(10)21(19,20)16-3-1-9(17)2-4-16/h5,7,9,17H,1-4,6H2,(H,15,18). The number of anilines is 1. The van der Waals surface area contributed by atoms with Gasteiger partial charge in [0.1, 0.15) is 4.90 Å². The molecule has 2 heterocycles. The van der Waals surface area contributed by atoms with E-state index < -0.39 is 16.1 Å². The lowest BCUT2D eigenvalue weighted by Crippen LogP contribution is -2.40. The summed E-state index contributed by atoms with van der Waals surface area (Å²) in [7, 11) is -3.70. The number of aliphatic hydroxyl groups excluding tert-OH is 1. The van der Waals surface area contributed by atoms with Gasteiger partial charge < -0.3 is 10.4 Å². The van der Waals surface area contributed by atoms with Crippen molar-refractivity contribution in [1.29, 1.82) is 0 Å². The predicted molar refractivity (Wildman–Crippen MR) is 77.8 cm³/mol. The van der Waals surface area contributed by atoms with Crippen LogP contribution in [0, 0.1) is 0 Å². The second-order valence-electron chi connectivity index (χ2n) is 5.30. The van der Waals surface area contributed by atoms with Crippen LogP contribution in [0.3, 0.4) is 0 Å². The van der Waals surface area contributed by atoms with Crippen molar-refractivity contribution in [3.8, 4) is 0 Å². The fourth-order valence-corrected chi connectivity index (χ4v) is 4.67. The SMILES string of the molecule is O=C1Cc2cc(S(=O)(=O)N3CCC(O)CC3)c(Cl)cc2N1. The minimum atomic E-state index is -3.70. The first-order valence-electron chi connectivity index (χ1n) is 6.68. The molecule has 0 spiro atoms. The number of nitrogens with zero attached hydrogens (tertiary/aromatic N) is 1. The second kappa shape index (κ2) is 5.24. The largest absolute Gasteiger partial charge is 0.393 e. The Morgan fingerprint density at radius 3 is 2.62 bits per heavy atom. The van der Waals surface area contributed by atoms with Crippen LogP contribution >= 0.6 is 11.6 Å². The van der Waals surface area contributed by atoms with E-state index in [-0.39, 0.29) is 35.3 Å². The molecule has 1 amide bonds. The minimum Gasteiger partial charge on any atom is -0.393 e. The summed E-state index contributed by atoms with van der Waals surface area (Å²) in [6, 6.07) is 2.95. The highest BCUT2D eigenvalue weighted by molar-refractivity contribution is 7.89. The first-order valence-corrected chi connectivity index (χ1v) is 8.50. The van der Waals surface area contributed by atoms with E-state index in [0.29, 0.717) is 24.1 Å². The van der Waals surface area contributed by atoms with Gasteiger partial charge in [-0.3, -0.25) is 4.79 Å². The fourth-order valence-electron chi connectivity index (χ4n) is 2.64. The number of piperidine rings is 1. The zero-order chi connectivity index (χ0) is 15.2. The summed E-state index contributed by atoms with van der Waals surface area (Å²) in [5.74, 6) is -0.170. The smallest absolute Gasteiger partial charge is 0.244 e. The molecule has 1 aromatic rings. The van der Waals surface area contributed by atoms with Gasteiger partial charge in [-0.1, -0.05) is 11.6 Å². The van der Waals surface area contributed by atoms with E-state index in [4.69, 9.17) is 11.6 Å². The highest BCUT2D eigenvalue weighted by atomic mass is 35.5. The lowest BCUT2D eigenvalue weighted by atomic mass is 10.1. The Bertz CT molecular complexity index is 696. The Morgan fingerprint density at radius 2 is 1.95 bits per heavy atom. The van der Waals surface area contributed by atoms with Gasteiger partial charge in [0.25, 0.3) is 0 Å². The number of carbonyl (C=O) groups excluding carboxylic acids is 1. The van der Waals surface area contributed by atoms with Crippen molar-refractivity contribution in [3.63, 3.8) is 0 Å². The lowest BCUT2D eigenvalue weighted by Gasteiger charge is -2.29. The third-order valence-corrected chi connectivity index (χ3v) is 6.19. The zero-order valence-corrected chi connectivity index (χ0v) is 12.7. The van der Waals surface area contributed by atoms with E-state index in [2.05, 4.69) is 5.32 Å². The molecule has 2 aliphatic heterocycles. The Hall–Kier alpha value is -1.15. The summed E-state index contributed by atoms with van der Waals surface area (Å²) >= 11 is 6.08. The van der Waals surface area contributed by atoms with Crippen molar-refractivity contribution in [3.05, 3.63) is 22.7 Å². The van der Waals surface area contributed by atoms with Crippen molar-refractivity contribution in [1.82, 2.24) is 4.31 Å². The number of carbonyl (C=O) groups is 1. The number of amides is 1. The Kier molecular flexibility index (Phi) is 3.69. The molecule has 21 heavy (non-hydrogen) atoms. The minimum absolute atomic E-state index is 0.0239. The first kappa shape index (κ1) is 14.8. The van der Waals surface area contributed by atoms with E-state index in [1.807, 2.05) is 0 Å². The third-order valence-electron chi connectivity index (χ3n) is 3.82. The molecule has 1 saturated heterocycles. The molecule has 1 fully saturated rings. The zero-order valence-electron chi connectivity index (χ0n) is 11.2. The molecule has 0 atom stereocenters. The molecule has 0 aliphatic carbocycles. The van der Waals surface area contributed by atoms with E-state index >= 15 is 0 Å². The number of hydrogen-bond acceptors (Lipinski definition) is 4. The average Bonchev–Trinajstić information content (AvgIpc) is 2.77. The summed E-state index contributed by atoms with van der Waals surface area (Å²) in [5.41, 5.74) is 1.21. The molecule has 2 aliphatic rings. The first-order chi connectivity index (χ1) is 9.88. The maximum atomic E-state index is 12.7.